The summed E-state index contributed by atoms with van der Waals surface area (Å²) in [5, 5.41) is 8.32. The van der Waals surface area contributed by atoms with Gasteiger partial charge >= 0.3 is 241 Å². The second-order valence-corrected chi connectivity index (χ2v) is 15.0. The molecule has 39 heavy (non-hydrogen) atoms. The van der Waals surface area contributed by atoms with E-state index in [0.717, 1.165) is 15.0 Å². The van der Waals surface area contributed by atoms with Gasteiger partial charge in [0.15, 0.2) is 0 Å². The third-order valence-corrected chi connectivity index (χ3v) is 12.6. The van der Waals surface area contributed by atoms with Gasteiger partial charge in [0, 0.05) is 0 Å². The molecule has 0 atom stereocenters. The molecule has 0 aromatic heterocycles. The Labute approximate surface area is 240 Å². The van der Waals surface area contributed by atoms with E-state index in [1.165, 1.54) is 40.8 Å². The molecule has 0 saturated heterocycles. The van der Waals surface area contributed by atoms with Crippen LogP contribution in [0, 0.1) is 0 Å². The summed E-state index contributed by atoms with van der Waals surface area (Å²) in [6, 6.07) is 62.3. The van der Waals surface area contributed by atoms with Gasteiger partial charge in [-0.05, 0) is 0 Å². The fraction of sp³-hybridized carbons (Fsp3) is 0. The Morgan fingerprint density at radius 2 is 0.564 bits per heavy atom. The third kappa shape index (κ3) is 6.31. The molecule has 6 aromatic carbocycles. The van der Waals surface area contributed by atoms with Crippen LogP contribution in [0.4, 0.5) is 0 Å². The fourth-order valence-corrected chi connectivity index (χ4v) is 10.8. The van der Waals surface area contributed by atoms with Crippen LogP contribution in [0.1, 0.15) is 0 Å². The summed E-state index contributed by atoms with van der Waals surface area (Å²) in [4.78, 5) is 0. The second kappa shape index (κ2) is 12.7. The fourth-order valence-electron chi connectivity index (χ4n) is 4.65. The molecule has 0 aliphatic heterocycles. The SMILES string of the molecule is c1ccc(P(c2ccccc2)c2ccc[c]([Fe][c]3cccc(P(c4ccccc4)c4ccccc4)c3)c2)cc1. The Hall–Kier alpha value is -3.30. The van der Waals surface area contributed by atoms with Gasteiger partial charge in [0.1, 0.15) is 0 Å². The van der Waals surface area contributed by atoms with Gasteiger partial charge < -0.3 is 0 Å². The van der Waals surface area contributed by atoms with Gasteiger partial charge in [0.05, 0.1) is 0 Å². The standard InChI is InChI=1S/2C18H14P.Fe/c2*1-4-10-16(11-5-1)19(17-12-6-2-7-13-17)18-14-8-3-9-15-18;/h2*1-8,10-15H;. The van der Waals surface area contributed by atoms with Crippen LogP contribution in [0.5, 0.6) is 0 Å². The maximum absolute atomic E-state index is 2.43. The molecular weight excluding hydrogens is 550 g/mol. The Bertz CT molecular complexity index is 1420. The van der Waals surface area contributed by atoms with Crippen LogP contribution in [0.15, 0.2) is 170 Å². The topological polar surface area (TPSA) is 0 Å². The molecule has 0 bridgehead atoms. The first-order valence-electron chi connectivity index (χ1n) is 13.0. The van der Waals surface area contributed by atoms with Crippen molar-refractivity contribution in [3.05, 3.63) is 170 Å². The van der Waals surface area contributed by atoms with E-state index in [0.29, 0.717) is 0 Å². The zero-order chi connectivity index (χ0) is 26.3. The Balaban J connectivity index is 1.34. The molecule has 6 aromatic rings. The van der Waals surface area contributed by atoms with E-state index in [1.807, 2.05) is 0 Å². The molecule has 0 heterocycles. The summed E-state index contributed by atoms with van der Waals surface area (Å²) in [5.74, 6) is 0. The van der Waals surface area contributed by atoms with Gasteiger partial charge in [-0.3, -0.25) is 0 Å². The molecule has 0 N–H and O–H groups in total. The van der Waals surface area contributed by atoms with E-state index in [1.54, 1.807) is 0 Å². The Morgan fingerprint density at radius 3 is 0.872 bits per heavy atom. The second-order valence-electron chi connectivity index (χ2n) is 9.03. The predicted molar refractivity (Wildman–Crippen MR) is 170 cm³/mol. The summed E-state index contributed by atoms with van der Waals surface area (Å²) in [5.41, 5.74) is 0. The van der Waals surface area contributed by atoms with Crippen molar-refractivity contribution in [2.75, 3.05) is 0 Å². The molecule has 6 rings (SSSR count). The van der Waals surface area contributed by atoms with Crippen LogP contribution >= 0.6 is 15.8 Å². The van der Waals surface area contributed by atoms with Crippen molar-refractivity contribution < 1.29 is 15.0 Å². The molecule has 0 nitrogen and oxygen atoms in total. The zero-order valence-electron chi connectivity index (χ0n) is 21.4. The number of rotatable bonds is 8. The number of hydrogen-bond donors (Lipinski definition) is 0. The average Bonchev–Trinajstić information content (AvgIpc) is 3.00. The minimum absolute atomic E-state index is 0.611. The summed E-state index contributed by atoms with van der Waals surface area (Å²) < 4.78 is 2.71. The van der Waals surface area contributed by atoms with Crippen LogP contribution < -0.4 is 40.8 Å². The van der Waals surface area contributed by atoms with Crippen LogP contribution in [0.2, 0.25) is 0 Å². The van der Waals surface area contributed by atoms with Crippen molar-refractivity contribution in [2.24, 2.45) is 0 Å². The molecule has 3 heteroatoms. The molecule has 0 fully saturated rings. The normalized spacial score (nSPS) is 11.2. The summed E-state index contributed by atoms with van der Waals surface area (Å²) >= 11 is 0.918. The minimum atomic E-state index is -0.611. The number of hydrogen-bond acceptors (Lipinski definition) is 0. The van der Waals surface area contributed by atoms with Crippen molar-refractivity contribution in [1.82, 2.24) is 0 Å². The van der Waals surface area contributed by atoms with E-state index in [2.05, 4.69) is 170 Å². The molecule has 0 amide bonds. The predicted octanol–water partition coefficient (Wildman–Crippen LogP) is 5.24. The first-order chi connectivity index (χ1) is 19.3. The molecule has 0 radical (unpaired) electrons. The van der Waals surface area contributed by atoms with Crippen molar-refractivity contribution in [3.8, 4) is 0 Å². The van der Waals surface area contributed by atoms with Gasteiger partial charge in [0.25, 0.3) is 0 Å². The third-order valence-electron chi connectivity index (χ3n) is 6.38. The maximum atomic E-state index is 2.43. The van der Waals surface area contributed by atoms with Gasteiger partial charge in [-0.15, -0.1) is 0 Å². The number of benzene rings is 6. The van der Waals surface area contributed by atoms with Crippen LogP contribution in [-0.4, -0.2) is 0 Å². The van der Waals surface area contributed by atoms with Crippen LogP contribution in [-0.2, 0) is 15.0 Å². The molecule has 190 valence electrons. The van der Waals surface area contributed by atoms with Gasteiger partial charge in [-0.1, -0.05) is 0 Å². The van der Waals surface area contributed by atoms with Crippen molar-refractivity contribution >= 4 is 56.6 Å². The monoisotopic (exact) mass is 578 g/mol. The average molecular weight is 578 g/mol. The Morgan fingerprint density at radius 1 is 0.282 bits per heavy atom. The van der Waals surface area contributed by atoms with E-state index in [9.17, 15) is 0 Å². The van der Waals surface area contributed by atoms with E-state index in [-0.39, 0.29) is 0 Å². The molecular formula is C36H28FeP2. The first-order valence-corrected chi connectivity index (χ1v) is 16.8. The quantitative estimate of drug-likeness (QED) is 0.171. The van der Waals surface area contributed by atoms with Crippen molar-refractivity contribution in [1.29, 1.82) is 0 Å². The van der Waals surface area contributed by atoms with E-state index < -0.39 is 15.8 Å². The molecule has 0 unspecified atom stereocenters. The van der Waals surface area contributed by atoms with E-state index in [4.69, 9.17) is 0 Å². The van der Waals surface area contributed by atoms with Gasteiger partial charge in [-0.2, -0.15) is 0 Å². The van der Waals surface area contributed by atoms with Crippen LogP contribution in [0.3, 0.4) is 0 Å². The Kier molecular flexibility index (Phi) is 8.45. The van der Waals surface area contributed by atoms with Gasteiger partial charge in [0.2, 0.25) is 0 Å². The van der Waals surface area contributed by atoms with Gasteiger partial charge in [-0.25, -0.2) is 0 Å². The van der Waals surface area contributed by atoms with Crippen molar-refractivity contribution in [2.45, 2.75) is 0 Å². The molecule has 0 aliphatic carbocycles. The summed E-state index contributed by atoms with van der Waals surface area (Å²) in [7, 11) is -1.22. The van der Waals surface area contributed by atoms with E-state index >= 15 is 0 Å². The van der Waals surface area contributed by atoms with Crippen LogP contribution in [0.25, 0.3) is 0 Å². The molecule has 0 saturated carbocycles. The summed E-state index contributed by atoms with van der Waals surface area (Å²) in [6.07, 6.45) is 0. The molecule has 0 spiro atoms. The van der Waals surface area contributed by atoms with Crippen molar-refractivity contribution in [3.63, 3.8) is 0 Å². The zero-order valence-corrected chi connectivity index (χ0v) is 24.3. The first kappa shape index (κ1) is 25.9. The molecule has 0 aliphatic rings. The summed E-state index contributed by atoms with van der Waals surface area (Å²) in [6.45, 7) is 0.